The van der Waals surface area contributed by atoms with Crippen LogP contribution in [0.2, 0.25) is 0 Å². The lowest BCUT2D eigenvalue weighted by molar-refractivity contribution is -0.117. The Labute approximate surface area is 187 Å². The van der Waals surface area contributed by atoms with Crippen molar-refractivity contribution in [3.8, 4) is 0 Å². The zero-order valence-corrected chi connectivity index (χ0v) is 19.0. The minimum atomic E-state index is -0.325. The van der Waals surface area contributed by atoms with E-state index in [1.165, 1.54) is 4.88 Å². The number of hydrogen-bond donors (Lipinski definition) is 1. The summed E-state index contributed by atoms with van der Waals surface area (Å²) >= 11 is 1.54. The molecule has 2 aromatic rings. The van der Waals surface area contributed by atoms with Crippen molar-refractivity contribution < 1.29 is 14.3 Å². The number of carbonyl (C=O) groups excluding carboxylic acids is 2. The number of piperazine rings is 1. The van der Waals surface area contributed by atoms with Gasteiger partial charge < -0.3 is 15.0 Å². The molecular formula is C23H30N4O3S. The van der Waals surface area contributed by atoms with Gasteiger partial charge in [-0.15, -0.1) is 11.3 Å². The molecule has 31 heavy (non-hydrogen) atoms. The van der Waals surface area contributed by atoms with E-state index in [1.54, 1.807) is 17.5 Å². The molecule has 0 radical (unpaired) electrons. The van der Waals surface area contributed by atoms with Gasteiger partial charge in [-0.05, 0) is 49.8 Å². The first-order valence-electron chi connectivity index (χ1n) is 11.0. The molecule has 4 rings (SSSR count). The highest BCUT2D eigenvalue weighted by Gasteiger charge is 2.29. The number of aromatic nitrogens is 1. The molecule has 1 atom stereocenters. The molecule has 8 heteroatoms. The number of anilines is 2. The zero-order chi connectivity index (χ0) is 21.8. The Balaban J connectivity index is 1.39. The average Bonchev–Trinajstić information content (AvgIpc) is 3.11. The van der Waals surface area contributed by atoms with Gasteiger partial charge in [-0.1, -0.05) is 13.0 Å². The number of thiophene rings is 1. The first-order chi connectivity index (χ1) is 15.0. The minimum absolute atomic E-state index is 0.0801. The third-order valence-electron chi connectivity index (χ3n) is 5.96. The predicted octanol–water partition coefficient (Wildman–Crippen LogP) is 3.21. The number of fused-ring (bicyclic) bond motifs is 1. The van der Waals surface area contributed by atoms with Gasteiger partial charge >= 0.3 is 5.97 Å². The molecule has 2 aliphatic rings. The second-order valence-electron chi connectivity index (χ2n) is 8.28. The van der Waals surface area contributed by atoms with Crippen LogP contribution in [0, 0.1) is 5.92 Å². The quantitative estimate of drug-likeness (QED) is 0.693. The Morgan fingerprint density at radius 1 is 1.26 bits per heavy atom. The summed E-state index contributed by atoms with van der Waals surface area (Å²) in [6.07, 6.45) is 4.69. The van der Waals surface area contributed by atoms with E-state index in [1.807, 2.05) is 25.1 Å². The van der Waals surface area contributed by atoms with E-state index in [2.05, 4.69) is 27.0 Å². The number of rotatable bonds is 6. The van der Waals surface area contributed by atoms with Crippen LogP contribution in [0.3, 0.4) is 0 Å². The molecule has 1 N–H and O–H groups in total. The first kappa shape index (κ1) is 21.8. The number of hydrogen-bond acceptors (Lipinski definition) is 7. The van der Waals surface area contributed by atoms with Crippen LogP contribution in [0.15, 0.2) is 24.4 Å². The maximum atomic E-state index is 12.8. The van der Waals surface area contributed by atoms with Crippen LogP contribution in [-0.2, 0) is 22.4 Å². The van der Waals surface area contributed by atoms with Gasteiger partial charge in [0.1, 0.15) is 10.8 Å². The van der Waals surface area contributed by atoms with Crippen molar-refractivity contribution in [2.45, 2.75) is 33.1 Å². The summed E-state index contributed by atoms with van der Waals surface area (Å²) in [6, 6.07) is 5.92. The highest BCUT2D eigenvalue weighted by molar-refractivity contribution is 7.17. The van der Waals surface area contributed by atoms with E-state index in [9.17, 15) is 9.59 Å². The van der Waals surface area contributed by atoms with Crippen LogP contribution in [0.5, 0.6) is 0 Å². The van der Waals surface area contributed by atoms with Crippen LogP contribution in [0.1, 0.15) is 41.1 Å². The Kier molecular flexibility index (Phi) is 6.87. The molecule has 0 saturated carbocycles. The lowest BCUT2D eigenvalue weighted by Crippen LogP contribution is -2.48. The second-order valence-corrected chi connectivity index (χ2v) is 9.38. The smallest absolute Gasteiger partial charge is 0.341 e. The lowest BCUT2D eigenvalue weighted by atomic mass is 9.88. The number of nitrogens with one attached hydrogen (secondary N) is 1. The fraction of sp³-hybridized carbons (Fsp3) is 0.522. The van der Waals surface area contributed by atoms with E-state index in [-0.39, 0.29) is 11.9 Å². The zero-order valence-electron chi connectivity index (χ0n) is 18.2. The molecule has 7 nitrogen and oxygen atoms in total. The van der Waals surface area contributed by atoms with Crippen molar-refractivity contribution >= 4 is 34.0 Å². The summed E-state index contributed by atoms with van der Waals surface area (Å²) in [5.41, 5.74) is 1.64. The lowest BCUT2D eigenvalue weighted by Gasteiger charge is -2.34. The van der Waals surface area contributed by atoms with Crippen LogP contribution < -0.4 is 10.2 Å². The Morgan fingerprint density at radius 2 is 2.06 bits per heavy atom. The van der Waals surface area contributed by atoms with Crippen molar-refractivity contribution in [1.82, 2.24) is 9.88 Å². The van der Waals surface area contributed by atoms with Gasteiger partial charge in [0.05, 0.1) is 18.7 Å². The van der Waals surface area contributed by atoms with Gasteiger partial charge in [-0.25, -0.2) is 9.78 Å². The molecule has 0 spiro atoms. The normalized spacial score (nSPS) is 19.0. The second kappa shape index (κ2) is 9.78. The topological polar surface area (TPSA) is 74.8 Å². The Bertz CT molecular complexity index is 922. The molecule has 166 valence electrons. The largest absolute Gasteiger partial charge is 0.462 e. The summed E-state index contributed by atoms with van der Waals surface area (Å²) in [7, 11) is 0. The number of ether oxygens (including phenoxy) is 1. The van der Waals surface area contributed by atoms with Gasteiger partial charge in [-0.3, -0.25) is 9.69 Å². The van der Waals surface area contributed by atoms with Gasteiger partial charge in [0.25, 0.3) is 0 Å². The molecule has 1 saturated heterocycles. The van der Waals surface area contributed by atoms with E-state index < -0.39 is 0 Å². The van der Waals surface area contributed by atoms with E-state index in [0.717, 1.165) is 56.8 Å². The minimum Gasteiger partial charge on any atom is -0.462 e. The van der Waals surface area contributed by atoms with Gasteiger partial charge in [0.15, 0.2) is 0 Å². The third kappa shape index (κ3) is 5.07. The molecule has 3 heterocycles. The van der Waals surface area contributed by atoms with E-state index in [0.29, 0.717) is 29.6 Å². The number of nitrogens with zero attached hydrogens (tertiary/aromatic N) is 3. The fourth-order valence-corrected chi connectivity index (χ4v) is 5.72. The van der Waals surface area contributed by atoms with Crippen LogP contribution in [-0.4, -0.2) is 61.1 Å². The van der Waals surface area contributed by atoms with Gasteiger partial charge in [0.2, 0.25) is 5.91 Å². The molecule has 2 aromatic heterocycles. The van der Waals surface area contributed by atoms with E-state index in [4.69, 9.17) is 4.74 Å². The predicted molar refractivity (Wildman–Crippen MR) is 123 cm³/mol. The Morgan fingerprint density at radius 3 is 2.77 bits per heavy atom. The van der Waals surface area contributed by atoms with Crippen molar-refractivity contribution in [2.75, 3.05) is 49.5 Å². The monoisotopic (exact) mass is 442 g/mol. The van der Waals surface area contributed by atoms with E-state index >= 15 is 0 Å². The SMILES string of the molecule is CCOC(=O)c1c(NC(=O)CN2CCN(c3ccccn3)CC2)sc2c1CC[C@@H](C)C2. The molecule has 0 aromatic carbocycles. The molecule has 1 aliphatic heterocycles. The number of esters is 1. The van der Waals surface area contributed by atoms with Crippen molar-refractivity contribution in [1.29, 1.82) is 0 Å². The summed E-state index contributed by atoms with van der Waals surface area (Å²) in [6.45, 7) is 7.95. The first-order valence-corrected chi connectivity index (χ1v) is 11.9. The molecular weight excluding hydrogens is 412 g/mol. The maximum Gasteiger partial charge on any atom is 0.341 e. The van der Waals surface area contributed by atoms with Crippen LogP contribution >= 0.6 is 11.3 Å². The molecule has 0 bridgehead atoms. The fourth-order valence-electron chi connectivity index (χ4n) is 4.30. The maximum absolute atomic E-state index is 12.8. The van der Waals surface area contributed by atoms with Gasteiger partial charge in [0, 0.05) is 37.3 Å². The van der Waals surface area contributed by atoms with Crippen LogP contribution in [0.4, 0.5) is 10.8 Å². The summed E-state index contributed by atoms with van der Waals surface area (Å²) in [4.78, 5) is 35.5. The summed E-state index contributed by atoms with van der Waals surface area (Å²) in [5, 5.41) is 3.67. The average molecular weight is 443 g/mol. The van der Waals surface area contributed by atoms with Crippen molar-refractivity contribution in [2.24, 2.45) is 5.92 Å². The molecule has 1 fully saturated rings. The highest BCUT2D eigenvalue weighted by Crippen LogP contribution is 2.40. The number of pyridine rings is 1. The Hall–Kier alpha value is -2.45. The van der Waals surface area contributed by atoms with Crippen molar-refractivity contribution in [3.63, 3.8) is 0 Å². The standard InChI is InChI=1S/C23H30N4O3S/c1-3-30-23(29)21-17-8-7-16(2)14-18(17)31-22(21)25-20(28)15-26-10-12-27(13-11-26)19-6-4-5-9-24-19/h4-6,9,16H,3,7-8,10-15H2,1-2H3,(H,25,28)/t16-/m1/s1. The molecule has 1 amide bonds. The number of amides is 1. The molecule has 1 aliphatic carbocycles. The third-order valence-corrected chi connectivity index (χ3v) is 7.13. The summed E-state index contributed by atoms with van der Waals surface area (Å²) in [5.74, 6) is 1.17. The highest BCUT2D eigenvalue weighted by atomic mass is 32.1. The van der Waals surface area contributed by atoms with Crippen LogP contribution in [0.25, 0.3) is 0 Å². The summed E-state index contributed by atoms with van der Waals surface area (Å²) < 4.78 is 5.30. The van der Waals surface area contributed by atoms with Crippen molar-refractivity contribution in [3.05, 3.63) is 40.4 Å². The molecule has 0 unspecified atom stereocenters. The van der Waals surface area contributed by atoms with Gasteiger partial charge in [-0.2, -0.15) is 0 Å². The number of carbonyl (C=O) groups is 2.